The van der Waals surface area contributed by atoms with Crippen molar-refractivity contribution in [1.82, 2.24) is 25.0 Å². The molecule has 2 aliphatic rings. The number of fused-ring (bicyclic) bond motifs is 1. The fourth-order valence-electron chi connectivity index (χ4n) is 4.93. The number of thioether (sulfide) groups is 1. The van der Waals surface area contributed by atoms with Crippen molar-refractivity contribution in [2.45, 2.75) is 67.7 Å². The monoisotopic (exact) mass is 500 g/mol. The molecule has 2 aromatic heterocycles. The Bertz CT molecular complexity index is 1150. The lowest BCUT2D eigenvalue weighted by atomic mass is 10.1. The second-order valence-electron chi connectivity index (χ2n) is 9.23. The molecule has 2 fully saturated rings. The first kappa shape index (κ1) is 24.4. The van der Waals surface area contributed by atoms with Crippen LogP contribution in [0, 0.1) is 0 Å². The van der Waals surface area contributed by atoms with Crippen LogP contribution in [0.5, 0.6) is 0 Å². The van der Waals surface area contributed by atoms with Gasteiger partial charge in [-0.2, -0.15) is 0 Å². The van der Waals surface area contributed by atoms with E-state index in [1.165, 1.54) is 5.56 Å². The van der Waals surface area contributed by atoms with Crippen molar-refractivity contribution < 1.29 is 20.1 Å². The van der Waals surface area contributed by atoms with Gasteiger partial charge in [-0.25, -0.2) is 14.6 Å². The number of anilines is 1. The highest BCUT2D eigenvalue weighted by Gasteiger charge is 2.46. The molecule has 0 radical (unpaired) electrons. The number of aliphatic hydroxyl groups is 3. The Balaban J connectivity index is 1.47. The summed E-state index contributed by atoms with van der Waals surface area (Å²) in [4.78, 5) is 11.8. The van der Waals surface area contributed by atoms with Crippen molar-refractivity contribution in [2.24, 2.45) is 0 Å². The lowest BCUT2D eigenvalue weighted by molar-refractivity contribution is -0.0629. The predicted octanol–water partition coefficient (Wildman–Crippen LogP) is 1.76. The van der Waals surface area contributed by atoms with Crippen molar-refractivity contribution in [1.29, 1.82) is 0 Å². The van der Waals surface area contributed by atoms with E-state index in [2.05, 4.69) is 46.4 Å². The highest BCUT2D eigenvalue weighted by molar-refractivity contribution is 7.99. The van der Waals surface area contributed by atoms with E-state index in [-0.39, 0.29) is 13.2 Å². The Hall–Kier alpha value is -2.31. The zero-order chi connectivity index (χ0) is 24.5. The van der Waals surface area contributed by atoms with E-state index in [0.717, 1.165) is 24.4 Å². The summed E-state index contributed by atoms with van der Waals surface area (Å²) < 4.78 is 7.14. The van der Waals surface area contributed by atoms with Crippen LogP contribution < -0.4 is 4.90 Å². The smallest absolute Gasteiger partial charge is 0.191 e. The van der Waals surface area contributed by atoms with E-state index < -0.39 is 24.4 Å². The van der Waals surface area contributed by atoms with Gasteiger partial charge in [0.15, 0.2) is 22.1 Å². The molecule has 0 amide bonds. The van der Waals surface area contributed by atoms with Crippen molar-refractivity contribution in [2.75, 3.05) is 30.9 Å². The van der Waals surface area contributed by atoms with Gasteiger partial charge in [0.05, 0.1) is 25.4 Å². The van der Waals surface area contributed by atoms with E-state index in [0.29, 0.717) is 34.7 Å². The molecule has 10 nitrogen and oxygen atoms in total. The van der Waals surface area contributed by atoms with E-state index in [1.807, 2.05) is 13.1 Å². The molecule has 5 rings (SSSR count). The summed E-state index contributed by atoms with van der Waals surface area (Å²) in [6, 6.07) is 10.2. The van der Waals surface area contributed by atoms with Crippen molar-refractivity contribution in [3.63, 3.8) is 0 Å². The molecular weight excluding hydrogens is 468 g/mol. The number of likely N-dealkylation sites (N-methyl/N-ethyl adjacent to an activating group) is 1. The zero-order valence-electron chi connectivity index (χ0n) is 19.9. The maximum Gasteiger partial charge on any atom is 0.191 e. The number of aromatic nitrogens is 5. The maximum absolute atomic E-state index is 10.8. The highest BCUT2D eigenvalue weighted by Crippen LogP contribution is 2.46. The van der Waals surface area contributed by atoms with Crippen LogP contribution in [-0.2, 0) is 4.74 Å². The molecule has 0 spiro atoms. The molecule has 6 atom stereocenters. The number of rotatable bonds is 10. The standard InChI is InChI=1S/C24H32N6O4S/c1-3-11-35-24-25-22(29(2)16-12-15(16)14-7-5-4-6-8-14)19-23(26-24)30(28-27-19)17-13-18(34-10-9-31)21(33)20(17)32/h4-8,15-18,20-21,31-33H,3,9-13H2,1-2H3/t15?,16?,17-,18+,20+,21-/m0/s1. The Labute approximate surface area is 208 Å². The summed E-state index contributed by atoms with van der Waals surface area (Å²) in [5, 5.41) is 39.8. The maximum atomic E-state index is 10.8. The van der Waals surface area contributed by atoms with Gasteiger partial charge < -0.3 is 25.0 Å². The van der Waals surface area contributed by atoms with Crippen molar-refractivity contribution >= 4 is 28.7 Å². The molecule has 3 aromatic rings. The Morgan fingerprint density at radius 3 is 2.69 bits per heavy atom. The summed E-state index contributed by atoms with van der Waals surface area (Å²) in [6.45, 7) is 2.06. The van der Waals surface area contributed by atoms with E-state index in [9.17, 15) is 10.2 Å². The largest absolute Gasteiger partial charge is 0.394 e. The molecular formula is C24H32N6O4S. The minimum absolute atomic E-state index is 0.0954. The molecule has 188 valence electrons. The topological polar surface area (TPSA) is 130 Å². The Kier molecular flexibility index (Phi) is 7.21. The minimum Gasteiger partial charge on any atom is -0.394 e. The highest BCUT2D eigenvalue weighted by atomic mass is 32.2. The molecule has 11 heteroatoms. The third kappa shape index (κ3) is 4.75. The predicted molar refractivity (Wildman–Crippen MR) is 133 cm³/mol. The fraction of sp³-hybridized carbons (Fsp3) is 0.583. The van der Waals surface area contributed by atoms with Crippen LogP contribution in [0.4, 0.5) is 5.82 Å². The van der Waals surface area contributed by atoms with Gasteiger partial charge in [-0.15, -0.1) is 5.10 Å². The van der Waals surface area contributed by atoms with Crippen LogP contribution in [0.1, 0.15) is 43.7 Å². The normalized spacial score (nSPS) is 28.0. The van der Waals surface area contributed by atoms with Crippen LogP contribution in [-0.4, -0.2) is 90.6 Å². The lowest BCUT2D eigenvalue weighted by Crippen LogP contribution is -2.33. The molecule has 2 saturated carbocycles. The minimum atomic E-state index is -1.09. The molecule has 35 heavy (non-hydrogen) atoms. The number of aliphatic hydroxyl groups excluding tert-OH is 3. The average molecular weight is 501 g/mol. The number of nitrogens with zero attached hydrogens (tertiary/aromatic N) is 6. The van der Waals surface area contributed by atoms with Gasteiger partial charge in [0.2, 0.25) is 0 Å². The summed E-state index contributed by atoms with van der Waals surface area (Å²) >= 11 is 1.58. The molecule has 2 aliphatic carbocycles. The Morgan fingerprint density at radius 2 is 1.94 bits per heavy atom. The van der Waals surface area contributed by atoms with Crippen molar-refractivity contribution in [3.05, 3.63) is 35.9 Å². The van der Waals surface area contributed by atoms with Gasteiger partial charge in [0, 0.05) is 31.2 Å². The van der Waals surface area contributed by atoms with Crippen LogP contribution in [0.25, 0.3) is 11.2 Å². The molecule has 1 aromatic carbocycles. The van der Waals surface area contributed by atoms with E-state index >= 15 is 0 Å². The second kappa shape index (κ2) is 10.4. The first-order valence-corrected chi connectivity index (χ1v) is 13.1. The summed E-state index contributed by atoms with van der Waals surface area (Å²) in [7, 11) is 2.04. The average Bonchev–Trinajstić information content (AvgIpc) is 3.51. The number of hydrogen-bond acceptors (Lipinski definition) is 10. The van der Waals surface area contributed by atoms with Gasteiger partial charge in [-0.05, 0) is 18.4 Å². The first-order valence-electron chi connectivity index (χ1n) is 12.2. The van der Waals surface area contributed by atoms with Crippen LogP contribution >= 0.6 is 11.8 Å². The molecule has 3 N–H and O–H groups in total. The number of ether oxygens (including phenoxy) is 1. The summed E-state index contributed by atoms with van der Waals surface area (Å²) in [5.41, 5.74) is 2.43. The summed E-state index contributed by atoms with van der Waals surface area (Å²) in [5.74, 6) is 2.04. The number of benzene rings is 1. The molecule has 0 bridgehead atoms. The van der Waals surface area contributed by atoms with E-state index in [1.54, 1.807) is 16.4 Å². The third-order valence-electron chi connectivity index (χ3n) is 6.87. The molecule has 0 aliphatic heterocycles. The molecule has 2 heterocycles. The second-order valence-corrected chi connectivity index (χ2v) is 10.3. The van der Waals surface area contributed by atoms with Crippen LogP contribution in [0.15, 0.2) is 35.5 Å². The third-order valence-corrected chi connectivity index (χ3v) is 7.93. The van der Waals surface area contributed by atoms with Gasteiger partial charge in [0.25, 0.3) is 0 Å². The summed E-state index contributed by atoms with van der Waals surface area (Å²) in [6.07, 6.45) is -0.400. The van der Waals surface area contributed by atoms with Gasteiger partial charge in [-0.3, -0.25) is 0 Å². The van der Waals surface area contributed by atoms with Gasteiger partial charge in [-0.1, -0.05) is 54.2 Å². The van der Waals surface area contributed by atoms with Crippen LogP contribution in [0.2, 0.25) is 0 Å². The van der Waals surface area contributed by atoms with Crippen molar-refractivity contribution in [3.8, 4) is 0 Å². The number of hydrogen-bond donors (Lipinski definition) is 3. The lowest BCUT2D eigenvalue weighted by Gasteiger charge is -2.20. The Morgan fingerprint density at radius 1 is 1.14 bits per heavy atom. The first-order chi connectivity index (χ1) is 17.0. The quantitative estimate of drug-likeness (QED) is 0.280. The molecule has 0 saturated heterocycles. The van der Waals surface area contributed by atoms with Gasteiger partial charge in [0.1, 0.15) is 12.2 Å². The van der Waals surface area contributed by atoms with Crippen LogP contribution in [0.3, 0.4) is 0 Å². The fourth-order valence-corrected chi connectivity index (χ4v) is 5.62. The molecule has 2 unspecified atom stereocenters. The van der Waals surface area contributed by atoms with Gasteiger partial charge >= 0.3 is 0 Å². The zero-order valence-corrected chi connectivity index (χ0v) is 20.8. The SMILES string of the molecule is CCCSc1nc(N(C)C2CC2c2ccccc2)c2nnn([C@H]3C[C@@H](OCCO)[C@H](O)[C@@H]3O)c2n1. The van der Waals surface area contributed by atoms with E-state index in [4.69, 9.17) is 19.8 Å².